The number of fused-ring (bicyclic) bond motifs is 2. The molecule has 0 amide bonds. The Bertz CT molecular complexity index is 579. The summed E-state index contributed by atoms with van der Waals surface area (Å²) in [6.07, 6.45) is 5.89. The molecule has 1 aliphatic carbocycles. The van der Waals surface area contributed by atoms with Crippen LogP contribution >= 0.6 is 0 Å². The highest BCUT2D eigenvalue weighted by Gasteiger charge is 2.37. The van der Waals surface area contributed by atoms with Crippen LogP contribution in [-0.4, -0.2) is 33.3 Å². The topological polar surface area (TPSA) is 83.7 Å². The summed E-state index contributed by atoms with van der Waals surface area (Å²) >= 11 is 0. The zero-order valence-corrected chi connectivity index (χ0v) is 10.1. The first-order valence-electron chi connectivity index (χ1n) is 6.53. The van der Waals surface area contributed by atoms with Crippen LogP contribution in [0.2, 0.25) is 0 Å². The number of nitrogens with zero attached hydrogens (tertiary/aromatic N) is 4. The van der Waals surface area contributed by atoms with Gasteiger partial charge in [0.2, 0.25) is 5.95 Å². The highest BCUT2D eigenvalue weighted by atomic mass is 15.3. The second kappa shape index (κ2) is 3.57. The fraction of sp³-hybridized carbons (Fsp3) is 0.583. The highest BCUT2D eigenvalue weighted by Crippen LogP contribution is 2.40. The van der Waals surface area contributed by atoms with Gasteiger partial charge in [0.25, 0.3) is 0 Å². The highest BCUT2D eigenvalue weighted by molar-refractivity contribution is 5.87. The Labute approximate surface area is 105 Å². The van der Waals surface area contributed by atoms with E-state index in [1.807, 2.05) is 0 Å². The van der Waals surface area contributed by atoms with Crippen LogP contribution in [0.25, 0.3) is 11.0 Å². The van der Waals surface area contributed by atoms with Crippen molar-refractivity contribution in [3.05, 3.63) is 6.20 Å². The third-order valence-electron chi connectivity index (χ3n) is 4.33. The molecule has 2 fully saturated rings. The first-order valence-corrected chi connectivity index (χ1v) is 6.53. The van der Waals surface area contributed by atoms with E-state index in [-0.39, 0.29) is 0 Å². The van der Waals surface area contributed by atoms with Crippen LogP contribution in [0.3, 0.4) is 0 Å². The van der Waals surface area contributed by atoms with Crippen molar-refractivity contribution < 1.29 is 0 Å². The number of nitrogens with two attached hydrogens (primary N) is 1. The molecule has 0 bridgehead atoms. The zero-order valence-electron chi connectivity index (χ0n) is 10.1. The van der Waals surface area contributed by atoms with Crippen LogP contribution in [0.1, 0.15) is 19.3 Å². The van der Waals surface area contributed by atoms with Crippen molar-refractivity contribution in [1.29, 1.82) is 0 Å². The summed E-state index contributed by atoms with van der Waals surface area (Å²) in [6.45, 7) is 2.20. The second-order valence-corrected chi connectivity index (χ2v) is 5.39. The Morgan fingerprint density at radius 2 is 2.00 bits per heavy atom. The number of nitrogens with one attached hydrogen (secondary N) is 1. The van der Waals surface area contributed by atoms with Crippen molar-refractivity contribution in [1.82, 2.24) is 20.2 Å². The standard InChI is InChI=1S/C12H16N6/c13-12-15-10-9(4-14-17-10)11(16-12)18-5-7-2-1-3-8(7)6-18/h4,7-8H,1-3,5-6H2,(H3,13,14,15,16,17). The molecule has 6 heteroatoms. The molecule has 2 aromatic rings. The molecule has 2 aliphatic rings. The maximum Gasteiger partial charge on any atom is 0.224 e. The van der Waals surface area contributed by atoms with Crippen LogP contribution in [-0.2, 0) is 0 Å². The van der Waals surface area contributed by atoms with E-state index in [0.717, 1.165) is 41.8 Å². The summed E-state index contributed by atoms with van der Waals surface area (Å²) in [5, 5.41) is 7.88. The maximum absolute atomic E-state index is 5.77. The molecular formula is C12H16N6. The number of rotatable bonds is 1. The SMILES string of the molecule is Nc1nc(N2CC3CCCC3C2)c2cn[nH]c2n1. The van der Waals surface area contributed by atoms with Gasteiger partial charge in [-0.1, -0.05) is 6.42 Å². The van der Waals surface area contributed by atoms with E-state index in [4.69, 9.17) is 5.73 Å². The lowest BCUT2D eigenvalue weighted by molar-refractivity contribution is 0.494. The number of hydrogen-bond acceptors (Lipinski definition) is 5. The molecule has 0 radical (unpaired) electrons. The average molecular weight is 244 g/mol. The number of hydrogen-bond donors (Lipinski definition) is 2. The van der Waals surface area contributed by atoms with Gasteiger partial charge in [-0.15, -0.1) is 0 Å². The molecule has 1 saturated carbocycles. The van der Waals surface area contributed by atoms with E-state index in [2.05, 4.69) is 25.1 Å². The largest absolute Gasteiger partial charge is 0.368 e. The lowest BCUT2D eigenvalue weighted by Crippen LogP contribution is -2.22. The Morgan fingerprint density at radius 1 is 1.22 bits per heavy atom. The molecule has 18 heavy (non-hydrogen) atoms. The third-order valence-corrected chi connectivity index (χ3v) is 4.33. The number of anilines is 2. The van der Waals surface area contributed by atoms with E-state index in [9.17, 15) is 0 Å². The molecular weight excluding hydrogens is 228 g/mol. The van der Waals surface area contributed by atoms with Gasteiger partial charge in [-0.25, -0.2) is 0 Å². The van der Waals surface area contributed by atoms with Crippen LogP contribution in [0.5, 0.6) is 0 Å². The van der Waals surface area contributed by atoms with Gasteiger partial charge in [0.05, 0.1) is 11.6 Å². The summed E-state index contributed by atoms with van der Waals surface area (Å²) < 4.78 is 0. The van der Waals surface area contributed by atoms with E-state index in [1.54, 1.807) is 6.20 Å². The second-order valence-electron chi connectivity index (χ2n) is 5.39. The predicted molar refractivity (Wildman–Crippen MR) is 69.1 cm³/mol. The fourth-order valence-electron chi connectivity index (χ4n) is 3.49. The van der Waals surface area contributed by atoms with Gasteiger partial charge in [0, 0.05) is 13.1 Å². The van der Waals surface area contributed by atoms with Crippen molar-refractivity contribution in [2.75, 3.05) is 23.7 Å². The van der Waals surface area contributed by atoms with Gasteiger partial charge in [-0.3, -0.25) is 5.10 Å². The fourth-order valence-corrected chi connectivity index (χ4v) is 3.49. The Balaban J connectivity index is 1.76. The van der Waals surface area contributed by atoms with Crippen LogP contribution < -0.4 is 10.6 Å². The number of aromatic nitrogens is 4. The van der Waals surface area contributed by atoms with Crippen molar-refractivity contribution in [2.45, 2.75) is 19.3 Å². The van der Waals surface area contributed by atoms with Crippen LogP contribution in [0.15, 0.2) is 6.20 Å². The van der Waals surface area contributed by atoms with Gasteiger partial charge in [-0.05, 0) is 24.7 Å². The summed E-state index contributed by atoms with van der Waals surface area (Å²) in [6, 6.07) is 0. The molecule has 2 aromatic heterocycles. The number of aromatic amines is 1. The maximum atomic E-state index is 5.77. The van der Waals surface area contributed by atoms with Crippen molar-refractivity contribution in [2.24, 2.45) is 11.8 Å². The quantitative estimate of drug-likeness (QED) is 0.786. The first kappa shape index (κ1) is 10.1. The van der Waals surface area contributed by atoms with Crippen molar-refractivity contribution in [3.63, 3.8) is 0 Å². The summed E-state index contributed by atoms with van der Waals surface area (Å²) in [4.78, 5) is 10.9. The molecule has 4 rings (SSSR count). The van der Waals surface area contributed by atoms with E-state index in [1.165, 1.54) is 19.3 Å². The average Bonchev–Trinajstić information content (AvgIpc) is 3.01. The van der Waals surface area contributed by atoms with Crippen molar-refractivity contribution >= 4 is 22.8 Å². The molecule has 2 atom stereocenters. The first-order chi connectivity index (χ1) is 8.81. The minimum absolute atomic E-state index is 0.318. The number of H-pyrrole nitrogens is 1. The molecule has 6 nitrogen and oxygen atoms in total. The summed E-state index contributed by atoms with van der Waals surface area (Å²) in [5.41, 5.74) is 6.50. The summed E-state index contributed by atoms with van der Waals surface area (Å²) in [7, 11) is 0. The Kier molecular flexibility index (Phi) is 2.00. The van der Waals surface area contributed by atoms with Gasteiger partial charge in [-0.2, -0.15) is 15.1 Å². The molecule has 94 valence electrons. The monoisotopic (exact) mass is 244 g/mol. The smallest absolute Gasteiger partial charge is 0.224 e. The van der Waals surface area contributed by atoms with Gasteiger partial charge in [0.1, 0.15) is 5.82 Å². The predicted octanol–water partition coefficient (Wildman–Crippen LogP) is 1.17. The lowest BCUT2D eigenvalue weighted by atomic mass is 10.0. The molecule has 2 unspecified atom stereocenters. The van der Waals surface area contributed by atoms with Gasteiger partial charge < -0.3 is 10.6 Å². The minimum Gasteiger partial charge on any atom is -0.368 e. The third kappa shape index (κ3) is 1.38. The normalized spacial score (nSPS) is 27.0. The molecule has 0 spiro atoms. The van der Waals surface area contributed by atoms with Crippen LogP contribution in [0.4, 0.5) is 11.8 Å². The van der Waals surface area contributed by atoms with Crippen molar-refractivity contribution in [3.8, 4) is 0 Å². The van der Waals surface area contributed by atoms with E-state index < -0.39 is 0 Å². The molecule has 3 heterocycles. The van der Waals surface area contributed by atoms with Gasteiger partial charge in [0.15, 0.2) is 5.65 Å². The number of nitrogen functional groups attached to an aromatic ring is 1. The Hall–Kier alpha value is -1.85. The zero-order chi connectivity index (χ0) is 12.1. The summed E-state index contributed by atoms with van der Waals surface area (Å²) in [5.74, 6) is 2.94. The van der Waals surface area contributed by atoms with E-state index in [0.29, 0.717) is 5.95 Å². The molecule has 1 saturated heterocycles. The minimum atomic E-state index is 0.318. The van der Waals surface area contributed by atoms with E-state index >= 15 is 0 Å². The lowest BCUT2D eigenvalue weighted by Gasteiger charge is -2.19. The molecule has 3 N–H and O–H groups in total. The molecule has 1 aliphatic heterocycles. The van der Waals surface area contributed by atoms with Gasteiger partial charge >= 0.3 is 0 Å². The molecule has 0 aromatic carbocycles. The van der Waals surface area contributed by atoms with Crippen LogP contribution in [0, 0.1) is 11.8 Å². The Morgan fingerprint density at radius 3 is 2.78 bits per heavy atom.